The second-order valence-corrected chi connectivity index (χ2v) is 3.42. The Bertz CT molecular complexity index is 309. The first-order valence-corrected chi connectivity index (χ1v) is 4.23. The Morgan fingerprint density at radius 1 is 1.09 bits per heavy atom. The number of benzene rings is 1. The number of nitrogens with two attached hydrogens (primary N) is 1. The largest absolute Gasteiger partial charge is 0.238 e. The zero-order valence-corrected chi connectivity index (χ0v) is 8.47. The molecule has 0 saturated heterocycles. The molecule has 0 saturated carbocycles. The fourth-order valence-electron chi connectivity index (χ4n) is 0.610. The minimum atomic E-state index is -3.50. The van der Waals surface area contributed by atoms with Crippen LogP contribution in [0.1, 0.15) is 0 Å². The molecule has 0 spiro atoms. The van der Waals surface area contributed by atoms with Gasteiger partial charge in [-0.1, -0.05) is 18.2 Å². The molecule has 11 heavy (non-hydrogen) atoms. The van der Waals surface area contributed by atoms with Crippen molar-refractivity contribution >= 4 is 10.0 Å². The van der Waals surface area contributed by atoms with Crippen LogP contribution in [-0.2, 0) is 32.4 Å². The molecular formula is C6H7AuNO2S. The molecule has 0 unspecified atom stereocenters. The van der Waals surface area contributed by atoms with Crippen molar-refractivity contribution in [2.45, 2.75) is 4.90 Å². The van der Waals surface area contributed by atoms with Crippen LogP contribution in [0.25, 0.3) is 0 Å². The predicted molar refractivity (Wildman–Crippen MR) is 37.8 cm³/mol. The molecule has 1 rings (SSSR count). The van der Waals surface area contributed by atoms with Crippen molar-refractivity contribution in [2.24, 2.45) is 5.14 Å². The molecule has 2 N–H and O–H groups in total. The van der Waals surface area contributed by atoms with Crippen molar-refractivity contribution < 1.29 is 30.8 Å². The summed E-state index contributed by atoms with van der Waals surface area (Å²) < 4.78 is 21.2. The van der Waals surface area contributed by atoms with Gasteiger partial charge in [0.25, 0.3) is 0 Å². The van der Waals surface area contributed by atoms with Gasteiger partial charge in [-0.25, -0.2) is 13.6 Å². The smallest absolute Gasteiger partial charge is 0.225 e. The van der Waals surface area contributed by atoms with E-state index < -0.39 is 10.0 Å². The van der Waals surface area contributed by atoms with Gasteiger partial charge in [-0.05, 0) is 12.1 Å². The molecule has 3 nitrogen and oxygen atoms in total. The number of rotatable bonds is 1. The second-order valence-electron chi connectivity index (χ2n) is 1.86. The number of hydrogen-bond donors (Lipinski definition) is 1. The van der Waals surface area contributed by atoms with E-state index in [4.69, 9.17) is 5.14 Å². The molecule has 0 aliphatic carbocycles. The summed E-state index contributed by atoms with van der Waals surface area (Å²) in [7, 11) is -3.50. The van der Waals surface area contributed by atoms with Gasteiger partial charge in [0.2, 0.25) is 10.0 Å². The molecule has 0 aromatic heterocycles. The van der Waals surface area contributed by atoms with Crippen molar-refractivity contribution in [3.8, 4) is 0 Å². The summed E-state index contributed by atoms with van der Waals surface area (Å²) in [6.07, 6.45) is 0. The fourth-order valence-corrected chi connectivity index (χ4v) is 1.15. The molecular weight excluding hydrogens is 347 g/mol. The normalized spacial score (nSPS) is 10.3. The van der Waals surface area contributed by atoms with E-state index in [2.05, 4.69) is 0 Å². The maximum atomic E-state index is 10.6. The quantitative estimate of drug-likeness (QED) is 0.739. The van der Waals surface area contributed by atoms with Crippen LogP contribution in [0, 0.1) is 0 Å². The molecule has 0 aliphatic rings. The van der Waals surface area contributed by atoms with E-state index in [0.29, 0.717) is 0 Å². The Balaban J connectivity index is 0.000001000. The van der Waals surface area contributed by atoms with Crippen LogP contribution < -0.4 is 5.14 Å². The Morgan fingerprint density at radius 2 is 1.55 bits per heavy atom. The molecule has 0 atom stereocenters. The van der Waals surface area contributed by atoms with Gasteiger partial charge in [-0.15, -0.1) is 0 Å². The predicted octanol–water partition coefficient (Wildman–Crippen LogP) is 0.332. The summed E-state index contributed by atoms with van der Waals surface area (Å²) in [4.78, 5) is 0.148. The van der Waals surface area contributed by atoms with Gasteiger partial charge < -0.3 is 0 Å². The third-order valence-corrected chi connectivity index (χ3v) is 2.00. The van der Waals surface area contributed by atoms with Gasteiger partial charge in [0.05, 0.1) is 4.90 Å². The summed E-state index contributed by atoms with van der Waals surface area (Å²) in [5.74, 6) is 0. The van der Waals surface area contributed by atoms with Crippen LogP contribution in [-0.4, -0.2) is 8.42 Å². The first kappa shape index (κ1) is 10.9. The SMILES string of the molecule is NS(=O)(=O)c1ccccc1.[Au]. The Labute approximate surface area is 81.2 Å². The van der Waals surface area contributed by atoms with Crippen molar-refractivity contribution in [1.82, 2.24) is 0 Å². The maximum absolute atomic E-state index is 10.6. The average molecular weight is 354 g/mol. The van der Waals surface area contributed by atoms with Gasteiger partial charge in [0.1, 0.15) is 0 Å². The summed E-state index contributed by atoms with van der Waals surface area (Å²) in [6, 6.07) is 7.89. The van der Waals surface area contributed by atoms with Crippen LogP contribution in [0.2, 0.25) is 0 Å². The zero-order chi connectivity index (χ0) is 7.61. The molecule has 0 amide bonds. The maximum Gasteiger partial charge on any atom is 0.238 e. The molecule has 65 valence electrons. The molecule has 1 radical (unpaired) electrons. The monoisotopic (exact) mass is 354 g/mol. The Morgan fingerprint density at radius 3 is 1.82 bits per heavy atom. The average Bonchev–Trinajstić information content (AvgIpc) is 1.88. The molecule has 5 heteroatoms. The minimum Gasteiger partial charge on any atom is -0.225 e. The molecule has 1 aromatic rings. The van der Waals surface area contributed by atoms with Gasteiger partial charge in [0.15, 0.2) is 0 Å². The van der Waals surface area contributed by atoms with Crippen molar-refractivity contribution in [2.75, 3.05) is 0 Å². The van der Waals surface area contributed by atoms with E-state index in [-0.39, 0.29) is 27.3 Å². The first-order valence-electron chi connectivity index (χ1n) is 2.68. The minimum absolute atomic E-state index is 0. The van der Waals surface area contributed by atoms with Crippen molar-refractivity contribution in [3.63, 3.8) is 0 Å². The Hall–Kier alpha value is -0.130. The summed E-state index contributed by atoms with van der Waals surface area (Å²) >= 11 is 0. The van der Waals surface area contributed by atoms with E-state index in [9.17, 15) is 8.42 Å². The number of primary sulfonamides is 1. The van der Waals surface area contributed by atoms with Crippen LogP contribution in [0.4, 0.5) is 0 Å². The van der Waals surface area contributed by atoms with Crippen LogP contribution in [0.5, 0.6) is 0 Å². The third-order valence-electron chi connectivity index (χ3n) is 1.07. The van der Waals surface area contributed by atoms with Crippen molar-refractivity contribution in [3.05, 3.63) is 30.3 Å². The topological polar surface area (TPSA) is 60.2 Å². The van der Waals surface area contributed by atoms with E-state index in [0.717, 1.165) is 0 Å². The number of hydrogen-bond acceptors (Lipinski definition) is 2. The van der Waals surface area contributed by atoms with E-state index >= 15 is 0 Å². The molecule has 0 aliphatic heterocycles. The van der Waals surface area contributed by atoms with Gasteiger partial charge in [-0.3, -0.25) is 0 Å². The van der Waals surface area contributed by atoms with E-state index in [1.165, 1.54) is 12.1 Å². The van der Waals surface area contributed by atoms with Crippen molar-refractivity contribution in [1.29, 1.82) is 0 Å². The second kappa shape index (κ2) is 4.04. The fraction of sp³-hybridized carbons (Fsp3) is 0. The van der Waals surface area contributed by atoms with Gasteiger partial charge in [0, 0.05) is 22.4 Å². The summed E-state index contributed by atoms with van der Waals surface area (Å²) in [6.45, 7) is 0. The standard InChI is InChI=1S/C6H7NO2S.Au/c7-10(8,9)6-4-2-1-3-5-6;/h1-5H,(H2,7,8,9);. The number of sulfonamides is 1. The zero-order valence-electron chi connectivity index (χ0n) is 5.49. The van der Waals surface area contributed by atoms with Gasteiger partial charge >= 0.3 is 0 Å². The van der Waals surface area contributed by atoms with Gasteiger partial charge in [-0.2, -0.15) is 0 Å². The molecule has 1 aromatic carbocycles. The van der Waals surface area contributed by atoms with Crippen LogP contribution >= 0.6 is 0 Å². The van der Waals surface area contributed by atoms with E-state index in [1.807, 2.05) is 0 Å². The first-order chi connectivity index (χ1) is 4.61. The molecule has 0 bridgehead atoms. The van der Waals surface area contributed by atoms with Crippen LogP contribution in [0.3, 0.4) is 0 Å². The summed E-state index contributed by atoms with van der Waals surface area (Å²) in [5, 5.41) is 4.83. The van der Waals surface area contributed by atoms with Crippen LogP contribution in [0.15, 0.2) is 35.2 Å². The Kier molecular flexibility index (Phi) is 3.99. The van der Waals surface area contributed by atoms with E-state index in [1.54, 1.807) is 18.2 Å². The molecule has 0 fully saturated rings. The third kappa shape index (κ3) is 3.18. The molecule has 0 heterocycles. The summed E-state index contributed by atoms with van der Waals surface area (Å²) in [5.41, 5.74) is 0.